The molecule has 0 saturated carbocycles. The Hall–Kier alpha value is -1.33. The Morgan fingerprint density at radius 3 is 3.11 bits per heavy atom. The lowest BCUT2D eigenvalue weighted by Gasteiger charge is -2.32. The van der Waals surface area contributed by atoms with Crippen molar-refractivity contribution in [2.45, 2.75) is 39.7 Å². The Morgan fingerprint density at radius 2 is 2.42 bits per heavy atom. The van der Waals surface area contributed by atoms with E-state index >= 15 is 0 Å². The van der Waals surface area contributed by atoms with Gasteiger partial charge in [-0.2, -0.15) is 0 Å². The topological polar surface area (TPSA) is 71.5 Å². The molecular weight excluding hydrogens is 242 g/mol. The molecule has 0 aromatic carbocycles. The number of nitrogens with one attached hydrogen (secondary N) is 1. The number of hydrogen-bond acceptors (Lipinski definition) is 4. The van der Waals surface area contributed by atoms with Gasteiger partial charge < -0.3 is 4.42 Å². The minimum absolute atomic E-state index is 0.291. The summed E-state index contributed by atoms with van der Waals surface area (Å²) in [5, 5.41) is 0. The fourth-order valence-electron chi connectivity index (χ4n) is 2.73. The van der Waals surface area contributed by atoms with Crippen LogP contribution in [0.2, 0.25) is 0 Å². The van der Waals surface area contributed by atoms with E-state index in [0.29, 0.717) is 5.76 Å². The molecule has 1 unspecified atom stereocenters. The van der Waals surface area contributed by atoms with Crippen molar-refractivity contribution >= 4 is 5.91 Å². The van der Waals surface area contributed by atoms with Crippen molar-refractivity contribution in [3.8, 4) is 0 Å². The molecule has 1 atom stereocenters. The van der Waals surface area contributed by atoms with Gasteiger partial charge in [-0.05, 0) is 38.3 Å². The molecule has 0 spiro atoms. The molecule has 1 fully saturated rings. The Kier molecular flexibility index (Phi) is 4.61. The standard InChI is InChI=1S/C14H23N3O2/c1-3-11-5-4-6-17(8-11)9-12-7-13(14(18)16-15)19-10(12)2/h7,11H,3-6,8-9,15H2,1-2H3,(H,16,18). The second-order valence-corrected chi connectivity index (χ2v) is 5.32. The van der Waals surface area contributed by atoms with E-state index in [0.717, 1.165) is 36.9 Å². The quantitative estimate of drug-likeness (QED) is 0.495. The predicted molar refractivity (Wildman–Crippen MR) is 73.4 cm³/mol. The Morgan fingerprint density at radius 1 is 1.63 bits per heavy atom. The minimum Gasteiger partial charge on any atom is -0.456 e. The maximum atomic E-state index is 11.4. The third-order valence-electron chi connectivity index (χ3n) is 3.95. The molecule has 2 heterocycles. The molecule has 1 aliphatic rings. The van der Waals surface area contributed by atoms with Gasteiger partial charge in [0.05, 0.1) is 0 Å². The zero-order valence-corrected chi connectivity index (χ0v) is 11.7. The molecule has 0 radical (unpaired) electrons. The smallest absolute Gasteiger partial charge is 0.300 e. The predicted octanol–water partition coefficient (Wildman–Crippen LogP) is 1.81. The molecule has 3 N–H and O–H groups in total. The molecule has 1 saturated heterocycles. The number of rotatable bonds is 4. The van der Waals surface area contributed by atoms with Crippen LogP contribution in [0.1, 0.15) is 48.1 Å². The maximum absolute atomic E-state index is 11.4. The minimum atomic E-state index is -0.376. The normalized spacial score (nSPS) is 20.5. The van der Waals surface area contributed by atoms with Gasteiger partial charge in [-0.15, -0.1) is 0 Å². The number of likely N-dealkylation sites (tertiary alicyclic amines) is 1. The van der Waals surface area contributed by atoms with E-state index in [1.54, 1.807) is 6.07 Å². The number of hydrogen-bond donors (Lipinski definition) is 2. The van der Waals surface area contributed by atoms with Crippen LogP contribution in [-0.2, 0) is 6.54 Å². The second kappa shape index (κ2) is 6.21. The summed E-state index contributed by atoms with van der Waals surface area (Å²) in [5.41, 5.74) is 3.17. The van der Waals surface area contributed by atoms with Gasteiger partial charge in [-0.25, -0.2) is 5.84 Å². The van der Waals surface area contributed by atoms with Gasteiger partial charge in [-0.3, -0.25) is 15.1 Å². The van der Waals surface area contributed by atoms with Crippen molar-refractivity contribution < 1.29 is 9.21 Å². The molecule has 1 aliphatic heterocycles. The SMILES string of the molecule is CCC1CCCN(Cc2cc(C(=O)NN)oc2C)C1. The molecule has 0 bridgehead atoms. The van der Waals surface area contributed by atoms with Gasteiger partial charge in [0, 0.05) is 18.7 Å². The first-order valence-electron chi connectivity index (χ1n) is 6.96. The number of aryl methyl sites for hydroxylation is 1. The molecule has 5 nitrogen and oxygen atoms in total. The lowest BCUT2D eigenvalue weighted by Crippen LogP contribution is -2.34. The largest absolute Gasteiger partial charge is 0.456 e. The highest BCUT2D eigenvalue weighted by molar-refractivity contribution is 5.91. The molecule has 1 aromatic rings. The highest BCUT2D eigenvalue weighted by Gasteiger charge is 2.21. The van der Waals surface area contributed by atoms with Gasteiger partial charge in [-0.1, -0.05) is 13.3 Å². The van der Waals surface area contributed by atoms with Crippen LogP contribution in [0, 0.1) is 12.8 Å². The van der Waals surface area contributed by atoms with Crippen molar-refractivity contribution in [3.05, 3.63) is 23.2 Å². The third kappa shape index (κ3) is 3.36. The van der Waals surface area contributed by atoms with Gasteiger partial charge in [0.2, 0.25) is 0 Å². The average Bonchev–Trinajstić information content (AvgIpc) is 2.79. The fraction of sp³-hybridized carbons (Fsp3) is 0.643. The molecule has 1 amide bonds. The number of amides is 1. The van der Waals surface area contributed by atoms with Crippen molar-refractivity contribution in [1.29, 1.82) is 0 Å². The number of piperidine rings is 1. The summed E-state index contributed by atoms with van der Waals surface area (Å²) >= 11 is 0. The summed E-state index contributed by atoms with van der Waals surface area (Å²) in [7, 11) is 0. The molecule has 5 heteroatoms. The van der Waals surface area contributed by atoms with Crippen LogP contribution in [0.15, 0.2) is 10.5 Å². The summed E-state index contributed by atoms with van der Waals surface area (Å²) < 4.78 is 5.44. The monoisotopic (exact) mass is 265 g/mol. The maximum Gasteiger partial charge on any atom is 0.300 e. The molecular formula is C14H23N3O2. The highest BCUT2D eigenvalue weighted by atomic mass is 16.4. The summed E-state index contributed by atoms with van der Waals surface area (Å²) in [5.74, 6) is 6.63. The van der Waals surface area contributed by atoms with E-state index < -0.39 is 0 Å². The van der Waals surface area contributed by atoms with E-state index in [9.17, 15) is 4.79 Å². The van der Waals surface area contributed by atoms with Crippen molar-refractivity contribution in [3.63, 3.8) is 0 Å². The third-order valence-corrected chi connectivity index (χ3v) is 3.95. The van der Waals surface area contributed by atoms with Crippen LogP contribution in [0.5, 0.6) is 0 Å². The number of nitrogens with zero attached hydrogens (tertiary/aromatic N) is 1. The van der Waals surface area contributed by atoms with Crippen LogP contribution >= 0.6 is 0 Å². The number of nitrogen functional groups attached to an aromatic ring is 1. The summed E-state index contributed by atoms with van der Waals surface area (Å²) in [6, 6.07) is 1.80. The van der Waals surface area contributed by atoms with Crippen LogP contribution in [0.25, 0.3) is 0 Å². The van der Waals surface area contributed by atoms with E-state index in [-0.39, 0.29) is 5.91 Å². The number of hydrazine groups is 1. The van der Waals surface area contributed by atoms with Crippen LogP contribution in [0.3, 0.4) is 0 Å². The average molecular weight is 265 g/mol. The van der Waals surface area contributed by atoms with Gasteiger partial charge in [0.25, 0.3) is 0 Å². The van der Waals surface area contributed by atoms with Crippen molar-refractivity contribution in [1.82, 2.24) is 10.3 Å². The van der Waals surface area contributed by atoms with Gasteiger partial charge in [0.15, 0.2) is 5.76 Å². The van der Waals surface area contributed by atoms with Crippen LogP contribution in [0.4, 0.5) is 0 Å². The first kappa shape index (κ1) is 14.1. The highest BCUT2D eigenvalue weighted by Crippen LogP contribution is 2.23. The molecule has 106 valence electrons. The van der Waals surface area contributed by atoms with E-state index in [2.05, 4.69) is 17.2 Å². The molecule has 2 rings (SSSR count). The van der Waals surface area contributed by atoms with E-state index in [1.165, 1.54) is 19.3 Å². The van der Waals surface area contributed by atoms with Gasteiger partial charge in [0.1, 0.15) is 5.76 Å². The van der Waals surface area contributed by atoms with E-state index in [4.69, 9.17) is 10.3 Å². The number of nitrogens with two attached hydrogens (primary N) is 1. The van der Waals surface area contributed by atoms with Crippen LogP contribution in [-0.4, -0.2) is 23.9 Å². The molecule has 1 aromatic heterocycles. The summed E-state index contributed by atoms with van der Waals surface area (Å²) in [6.45, 7) is 7.26. The zero-order chi connectivity index (χ0) is 13.8. The molecule has 0 aliphatic carbocycles. The summed E-state index contributed by atoms with van der Waals surface area (Å²) in [4.78, 5) is 13.9. The van der Waals surface area contributed by atoms with E-state index in [1.807, 2.05) is 6.92 Å². The lowest BCUT2D eigenvalue weighted by molar-refractivity contribution is 0.0924. The summed E-state index contributed by atoms with van der Waals surface area (Å²) in [6.07, 6.45) is 3.82. The number of furan rings is 1. The van der Waals surface area contributed by atoms with Crippen molar-refractivity contribution in [2.24, 2.45) is 11.8 Å². The lowest BCUT2D eigenvalue weighted by atomic mass is 9.95. The Balaban J connectivity index is 2.02. The number of carbonyl (C=O) groups excluding carboxylic acids is 1. The fourth-order valence-corrected chi connectivity index (χ4v) is 2.73. The zero-order valence-electron chi connectivity index (χ0n) is 11.7. The van der Waals surface area contributed by atoms with Crippen LogP contribution < -0.4 is 11.3 Å². The number of carbonyl (C=O) groups is 1. The van der Waals surface area contributed by atoms with Gasteiger partial charge >= 0.3 is 5.91 Å². The molecule has 19 heavy (non-hydrogen) atoms. The Labute approximate surface area is 114 Å². The first-order chi connectivity index (χ1) is 9.13. The first-order valence-corrected chi connectivity index (χ1v) is 6.96. The Bertz CT molecular complexity index is 442. The second-order valence-electron chi connectivity index (χ2n) is 5.32. The van der Waals surface area contributed by atoms with Crippen molar-refractivity contribution in [2.75, 3.05) is 13.1 Å².